The lowest BCUT2D eigenvalue weighted by Gasteiger charge is -2.07. The molecule has 0 saturated heterocycles. The van der Waals surface area contributed by atoms with Crippen molar-refractivity contribution in [1.29, 1.82) is 0 Å². The second kappa shape index (κ2) is 4.36. The molecule has 0 radical (unpaired) electrons. The van der Waals surface area contributed by atoms with E-state index in [9.17, 15) is 9.18 Å². The fourth-order valence-electron chi connectivity index (χ4n) is 1.39. The van der Waals surface area contributed by atoms with Gasteiger partial charge in [-0.2, -0.15) is 0 Å². The molecule has 1 aromatic carbocycles. The van der Waals surface area contributed by atoms with E-state index in [0.717, 1.165) is 17.8 Å². The molecular weight excluding hydrogens is 241 g/mol. The van der Waals surface area contributed by atoms with Gasteiger partial charge in [0.15, 0.2) is 11.6 Å². The minimum absolute atomic E-state index is 0.146. The van der Waals surface area contributed by atoms with Gasteiger partial charge in [-0.05, 0) is 6.92 Å². The molecule has 0 saturated carbocycles. The highest BCUT2D eigenvalue weighted by Crippen LogP contribution is 2.28. The van der Waals surface area contributed by atoms with Crippen molar-refractivity contribution in [2.24, 2.45) is 0 Å². The van der Waals surface area contributed by atoms with Crippen LogP contribution >= 0.6 is 0 Å². The summed E-state index contributed by atoms with van der Waals surface area (Å²) in [6.07, 6.45) is 0. The largest absolute Gasteiger partial charge is 0.478 e. The molecule has 2 rings (SSSR count). The van der Waals surface area contributed by atoms with Crippen LogP contribution in [0.2, 0.25) is 0 Å². The Morgan fingerprint density at radius 2 is 2.22 bits per heavy atom. The maximum atomic E-state index is 13.6. The highest BCUT2D eigenvalue weighted by Gasteiger charge is 2.15. The van der Waals surface area contributed by atoms with Crippen LogP contribution in [0.25, 0.3) is 0 Å². The summed E-state index contributed by atoms with van der Waals surface area (Å²) in [5.41, 5.74) is 5.74. The average molecular weight is 251 g/mol. The van der Waals surface area contributed by atoms with Gasteiger partial charge >= 0.3 is 5.97 Å². The normalized spacial score (nSPS) is 10.3. The van der Waals surface area contributed by atoms with E-state index in [1.807, 2.05) is 0 Å². The van der Waals surface area contributed by atoms with E-state index in [0.29, 0.717) is 0 Å². The molecular formula is C11H10FN3O3. The molecule has 0 unspecified atom stereocenters. The molecule has 18 heavy (non-hydrogen) atoms. The number of nitrogen functional groups attached to an aromatic ring is 1. The number of halogens is 1. The summed E-state index contributed by atoms with van der Waals surface area (Å²) < 4.78 is 18.7. The van der Waals surface area contributed by atoms with Gasteiger partial charge in [0, 0.05) is 29.6 Å². The highest BCUT2D eigenvalue weighted by molar-refractivity contribution is 5.94. The van der Waals surface area contributed by atoms with Gasteiger partial charge < -0.3 is 15.6 Å². The predicted molar refractivity (Wildman–Crippen MR) is 61.2 cm³/mol. The van der Waals surface area contributed by atoms with Crippen LogP contribution in [0.15, 0.2) is 18.2 Å². The number of hydrogen-bond acceptors (Lipinski definition) is 4. The molecule has 2 aromatic rings. The fourth-order valence-corrected chi connectivity index (χ4v) is 1.39. The Bertz CT molecular complexity index is 610. The number of carboxylic acid groups (broad SMARTS) is 1. The van der Waals surface area contributed by atoms with E-state index in [2.05, 4.69) is 10.2 Å². The number of benzene rings is 1. The Hall–Kier alpha value is -2.57. The van der Waals surface area contributed by atoms with Crippen molar-refractivity contribution in [2.45, 2.75) is 6.92 Å². The maximum Gasteiger partial charge on any atom is 0.337 e. The Balaban J connectivity index is 2.38. The van der Waals surface area contributed by atoms with Crippen LogP contribution in [0.5, 0.6) is 11.6 Å². The zero-order valence-corrected chi connectivity index (χ0v) is 9.40. The maximum absolute atomic E-state index is 13.6. The third kappa shape index (κ3) is 2.24. The van der Waals surface area contributed by atoms with Gasteiger partial charge in [-0.15, -0.1) is 5.10 Å². The average Bonchev–Trinajstić information content (AvgIpc) is 2.67. The number of aryl methyl sites for hydroxylation is 1. The number of carbonyl (C=O) groups is 1. The van der Waals surface area contributed by atoms with Crippen LogP contribution in [0.4, 0.5) is 10.1 Å². The first-order valence-corrected chi connectivity index (χ1v) is 4.99. The van der Waals surface area contributed by atoms with Gasteiger partial charge in [-0.3, -0.25) is 5.10 Å². The zero-order chi connectivity index (χ0) is 13.3. The second-order valence-electron chi connectivity index (χ2n) is 3.67. The number of carboxylic acids is 1. The smallest absolute Gasteiger partial charge is 0.337 e. The molecule has 0 spiro atoms. The monoisotopic (exact) mass is 251 g/mol. The minimum Gasteiger partial charge on any atom is -0.478 e. The molecule has 1 heterocycles. The lowest BCUT2D eigenvalue weighted by molar-refractivity contribution is 0.0697. The zero-order valence-electron chi connectivity index (χ0n) is 9.40. The van der Waals surface area contributed by atoms with E-state index in [4.69, 9.17) is 15.6 Å². The molecule has 0 aliphatic rings. The topological polar surface area (TPSA) is 101 Å². The van der Waals surface area contributed by atoms with Crippen LogP contribution in [-0.2, 0) is 0 Å². The van der Waals surface area contributed by atoms with E-state index < -0.39 is 11.8 Å². The Morgan fingerprint density at radius 1 is 1.50 bits per heavy atom. The lowest BCUT2D eigenvalue weighted by Crippen LogP contribution is -2.04. The number of aromatic amines is 1. The number of nitrogens with zero attached hydrogens (tertiary/aromatic N) is 1. The van der Waals surface area contributed by atoms with Crippen molar-refractivity contribution >= 4 is 11.7 Å². The van der Waals surface area contributed by atoms with Crippen LogP contribution in [0.3, 0.4) is 0 Å². The van der Waals surface area contributed by atoms with Crippen molar-refractivity contribution in [3.8, 4) is 11.6 Å². The summed E-state index contributed by atoms with van der Waals surface area (Å²) in [5.74, 6) is -2.10. The van der Waals surface area contributed by atoms with Crippen LogP contribution in [0.1, 0.15) is 16.1 Å². The van der Waals surface area contributed by atoms with E-state index in [1.54, 1.807) is 13.0 Å². The molecule has 1 aromatic heterocycles. The van der Waals surface area contributed by atoms with Crippen LogP contribution in [0, 0.1) is 12.7 Å². The predicted octanol–water partition coefficient (Wildman–Crippen LogP) is 1.93. The summed E-state index contributed by atoms with van der Waals surface area (Å²) in [6.45, 7) is 1.75. The number of aromatic carboxylic acids is 1. The molecule has 0 fully saturated rings. The number of rotatable bonds is 3. The third-order valence-corrected chi connectivity index (χ3v) is 2.23. The molecule has 0 aliphatic carbocycles. The van der Waals surface area contributed by atoms with Crippen molar-refractivity contribution in [2.75, 3.05) is 5.73 Å². The Kier molecular flexibility index (Phi) is 2.88. The minimum atomic E-state index is -1.25. The number of aromatic nitrogens is 2. The van der Waals surface area contributed by atoms with Crippen molar-refractivity contribution in [3.63, 3.8) is 0 Å². The number of nitrogens with one attached hydrogen (secondary N) is 1. The van der Waals surface area contributed by atoms with Crippen molar-refractivity contribution in [3.05, 3.63) is 35.3 Å². The Labute approximate surface area is 101 Å². The fraction of sp³-hybridized carbons (Fsp3) is 0.0909. The molecule has 94 valence electrons. The van der Waals surface area contributed by atoms with Gasteiger partial charge in [0.1, 0.15) is 0 Å². The summed E-state index contributed by atoms with van der Waals surface area (Å²) in [5, 5.41) is 15.2. The highest BCUT2D eigenvalue weighted by atomic mass is 19.1. The molecule has 6 nitrogen and oxygen atoms in total. The first-order chi connectivity index (χ1) is 8.47. The first kappa shape index (κ1) is 11.9. The van der Waals surface area contributed by atoms with Gasteiger partial charge in [0.05, 0.1) is 5.56 Å². The van der Waals surface area contributed by atoms with E-state index in [-0.39, 0.29) is 22.9 Å². The van der Waals surface area contributed by atoms with E-state index >= 15 is 0 Å². The molecule has 4 N–H and O–H groups in total. The molecule has 0 amide bonds. The molecule has 7 heteroatoms. The lowest BCUT2D eigenvalue weighted by atomic mass is 10.1. The second-order valence-corrected chi connectivity index (χ2v) is 3.67. The molecule has 0 atom stereocenters. The Morgan fingerprint density at radius 3 is 2.78 bits per heavy atom. The van der Waals surface area contributed by atoms with Crippen molar-refractivity contribution < 1.29 is 19.0 Å². The summed E-state index contributed by atoms with van der Waals surface area (Å²) in [6, 6.07) is 3.48. The van der Waals surface area contributed by atoms with Gasteiger partial charge in [0.25, 0.3) is 0 Å². The van der Waals surface area contributed by atoms with Crippen LogP contribution < -0.4 is 10.5 Å². The van der Waals surface area contributed by atoms with Crippen molar-refractivity contribution in [1.82, 2.24) is 10.2 Å². The summed E-state index contributed by atoms with van der Waals surface area (Å²) in [7, 11) is 0. The summed E-state index contributed by atoms with van der Waals surface area (Å²) in [4.78, 5) is 10.9. The number of H-pyrrole nitrogens is 1. The quantitative estimate of drug-likeness (QED) is 0.723. The standard InChI is InChI=1S/C11H10FN3O3/c1-5-2-10(15-14-5)18-9-3-6(11(16)17)8(13)4-7(9)12/h2-4H,13H2,1H3,(H,14,15)(H,16,17). The molecule has 0 bridgehead atoms. The van der Waals surface area contributed by atoms with Gasteiger partial charge in [0.2, 0.25) is 5.88 Å². The van der Waals surface area contributed by atoms with Gasteiger partial charge in [-0.25, -0.2) is 9.18 Å². The number of hydrogen-bond donors (Lipinski definition) is 3. The molecule has 0 aliphatic heterocycles. The van der Waals surface area contributed by atoms with Crippen LogP contribution in [-0.4, -0.2) is 21.3 Å². The number of anilines is 1. The summed E-state index contributed by atoms with van der Waals surface area (Å²) >= 11 is 0. The number of ether oxygens (including phenoxy) is 1. The number of nitrogens with two attached hydrogens (primary N) is 1. The first-order valence-electron chi connectivity index (χ1n) is 4.99. The van der Waals surface area contributed by atoms with E-state index in [1.165, 1.54) is 0 Å². The SMILES string of the molecule is Cc1cc(Oc2cc(C(=O)O)c(N)cc2F)n[nH]1. The third-order valence-electron chi connectivity index (χ3n) is 2.23. The van der Waals surface area contributed by atoms with Gasteiger partial charge in [-0.1, -0.05) is 0 Å².